The minimum Gasteiger partial charge on any atom is -0.481 e. The number of hydrogen-bond donors (Lipinski definition) is 2. The molecule has 6 heteroatoms. The normalized spacial score (nSPS) is 17.1. The van der Waals surface area contributed by atoms with E-state index in [1.807, 2.05) is 6.07 Å². The van der Waals surface area contributed by atoms with E-state index in [-0.39, 0.29) is 18.4 Å². The number of benzene rings is 1. The van der Waals surface area contributed by atoms with Gasteiger partial charge in [-0.25, -0.2) is 0 Å². The maximum atomic E-state index is 12.2. The van der Waals surface area contributed by atoms with E-state index in [9.17, 15) is 19.5 Å². The van der Waals surface area contributed by atoms with Crippen molar-refractivity contribution in [1.82, 2.24) is 10.2 Å². The van der Waals surface area contributed by atoms with Gasteiger partial charge in [0.15, 0.2) is 0 Å². The molecule has 0 spiro atoms. The molecule has 1 aromatic rings. The third-order valence-corrected chi connectivity index (χ3v) is 3.87. The van der Waals surface area contributed by atoms with Crippen LogP contribution in [0.2, 0.25) is 0 Å². The fraction of sp³-hybridized carbons (Fsp3) is 0.438. The summed E-state index contributed by atoms with van der Waals surface area (Å²) in [5.74, 6) is -2.11. The summed E-state index contributed by atoms with van der Waals surface area (Å²) in [6.45, 7) is 2.12. The van der Waals surface area contributed by atoms with E-state index < -0.39 is 17.9 Å². The molecule has 1 aliphatic heterocycles. The second kappa shape index (κ2) is 7.06. The zero-order chi connectivity index (χ0) is 16.1. The van der Waals surface area contributed by atoms with Crippen LogP contribution in [-0.2, 0) is 14.4 Å². The number of hydrogen-bond acceptors (Lipinski definition) is 3. The van der Waals surface area contributed by atoms with E-state index in [1.165, 1.54) is 4.90 Å². The summed E-state index contributed by atoms with van der Waals surface area (Å²) in [5.41, 5.74) is 0.735. The van der Waals surface area contributed by atoms with Crippen molar-refractivity contribution in [3.8, 4) is 0 Å². The lowest BCUT2D eigenvalue weighted by Crippen LogP contribution is -2.42. The second-order valence-corrected chi connectivity index (χ2v) is 5.50. The van der Waals surface area contributed by atoms with Gasteiger partial charge in [0, 0.05) is 13.0 Å². The predicted molar refractivity (Wildman–Crippen MR) is 79.9 cm³/mol. The summed E-state index contributed by atoms with van der Waals surface area (Å²) in [7, 11) is 0. The summed E-state index contributed by atoms with van der Waals surface area (Å²) in [6.07, 6.45) is 1.24. The molecule has 6 nitrogen and oxygen atoms in total. The monoisotopic (exact) mass is 304 g/mol. The van der Waals surface area contributed by atoms with E-state index >= 15 is 0 Å². The molecule has 1 aromatic carbocycles. The first-order valence-electron chi connectivity index (χ1n) is 7.34. The van der Waals surface area contributed by atoms with Gasteiger partial charge >= 0.3 is 5.97 Å². The van der Waals surface area contributed by atoms with E-state index in [0.29, 0.717) is 13.0 Å². The van der Waals surface area contributed by atoms with Gasteiger partial charge in [0.25, 0.3) is 0 Å². The molecule has 2 atom stereocenters. The Morgan fingerprint density at radius 2 is 2.00 bits per heavy atom. The average Bonchev–Trinajstić information content (AvgIpc) is 2.90. The van der Waals surface area contributed by atoms with Crippen molar-refractivity contribution in [2.24, 2.45) is 5.92 Å². The lowest BCUT2D eigenvalue weighted by atomic mass is 9.94. The first-order chi connectivity index (χ1) is 10.5. The van der Waals surface area contributed by atoms with Gasteiger partial charge in [-0.05, 0) is 18.9 Å². The van der Waals surface area contributed by atoms with Crippen LogP contribution in [0.3, 0.4) is 0 Å². The predicted octanol–water partition coefficient (Wildman–Crippen LogP) is 1.19. The second-order valence-electron chi connectivity index (χ2n) is 5.50. The smallest absolute Gasteiger partial charge is 0.308 e. The molecule has 2 amide bonds. The Hall–Kier alpha value is -2.37. The Balaban J connectivity index is 2.07. The van der Waals surface area contributed by atoms with Gasteiger partial charge < -0.3 is 15.3 Å². The van der Waals surface area contributed by atoms with Crippen molar-refractivity contribution in [3.05, 3.63) is 35.9 Å². The first kappa shape index (κ1) is 16.0. The number of aliphatic carboxylic acids is 1. The van der Waals surface area contributed by atoms with Crippen LogP contribution in [0.4, 0.5) is 0 Å². The molecule has 1 saturated heterocycles. The van der Waals surface area contributed by atoms with Gasteiger partial charge in [-0.2, -0.15) is 0 Å². The van der Waals surface area contributed by atoms with Gasteiger partial charge in [-0.3, -0.25) is 14.4 Å². The van der Waals surface area contributed by atoms with E-state index in [2.05, 4.69) is 5.32 Å². The highest BCUT2D eigenvalue weighted by molar-refractivity contribution is 5.86. The number of carbonyl (C=O) groups is 3. The molecule has 1 fully saturated rings. The van der Waals surface area contributed by atoms with Gasteiger partial charge in [0.1, 0.15) is 0 Å². The van der Waals surface area contributed by atoms with Crippen molar-refractivity contribution < 1.29 is 19.5 Å². The van der Waals surface area contributed by atoms with E-state index in [4.69, 9.17) is 0 Å². The van der Waals surface area contributed by atoms with Crippen LogP contribution in [-0.4, -0.2) is 40.9 Å². The summed E-state index contributed by atoms with van der Waals surface area (Å²) in [4.78, 5) is 36.5. The molecule has 0 bridgehead atoms. The fourth-order valence-electron chi connectivity index (χ4n) is 2.56. The van der Waals surface area contributed by atoms with Crippen molar-refractivity contribution >= 4 is 17.8 Å². The summed E-state index contributed by atoms with van der Waals surface area (Å²) in [5, 5.41) is 12.0. The van der Waals surface area contributed by atoms with Gasteiger partial charge in [0.2, 0.25) is 11.8 Å². The molecule has 118 valence electrons. The fourth-order valence-corrected chi connectivity index (χ4v) is 2.56. The molecule has 2 N–H and O–H groups in total. The maximum absolute atomic E-state index is 12.2. The standard InChI is InChI=1S/C16H20N2O4/c1-11(16(21)22)15(12-6-3-2-4-7-12)17-13(19)10-18-9-5-8-14(18)20/h2-4,6-7,11,15H,5,8-10H2,1H3,(H,17,19)(H,21,22)/t11-,15-/m1/s1. The first-order valence-corrected chi connectivity index (χ1v) is 7.34. The van der Waals surface area contributed by atoms with Crippen LogP contribution in [0.15, 0.2) is 30.3 Å². The van der Waals surface area contributed by atoms with Gasteiger partial charge in [-0.1, -0.05) is 30.3 Å². The molecule has 0 aromatic heterocycles. The SMILES string of the molecule is C[C@@H](C(=O)O)[C@@H](NC(=O)CN1CCCC1=O)c1ccccc1. The summed E-state index contributed by atoms with van der Waals surface area (Å²) >= 11 is 0. The van der Waals surface area contributed by atoms with Crippen molar-refractivity contribution in [1.29, 1.82) is 0 Å². The van der Waals surface area contributed by atoms with Crippen LogP contribution in [0.25, 0.3) is 0 Å². The molecular formula is C16H20N2O4. The molecule has 0 unspecified atom stereocenters. The number of amides is 2. The Morgan fingerprint density at radius 1 is 1.32 bits per heavy atom. The zero-order valence-corrected chi connectivity index (χ0v) is 12.5. The highest BCUT2D eigenvalue weighted by atomic mass is 16.4. The topological polar surface area (TPSA) is 86.7 Å². The molecule has 1 aliphatic rings. The van der Waals surface area contributed by atoms with E-state index in [0.717, 1.165) is 12.0 Å². The molecule has 0 radical (unpaired) electrons. The summed E-state index contributed by atoms with van der Waals surface area (Å²) < 4.78 is 0. The maximum Gasteiger partial charge on any atom is 0.308 e. The van der Waals surface area contributed by atoms with Gasteiger partial charge in [-0.15, -0.1) is 0 Å². The lowest BCUT2D eigenvalue weighted by Gasteiger charge is -2.24. The van der Waals surface area contributed by atoms with Crippen molar-refractivity contribution in [3.63, 3.8) is 0 Å². The van der Waals surface area contributed by atoms with E-state index in [1.54, 1.807) is 31.2 Å². The van der Waals surface area contributed by atoms with Crippen LogP contribution < -0.4 is 5.32 Å². The average molecular weight is 304 g/mol. The quantitative estimate of drug-likeness (QED) is 0.826. The molecular weight excluding hydrogens is 284 g/mol. The lowest BCUT2D eigenvalue weighted by molar-refractivity contribution is -0.143. The number of carboxylic acid groups (broad SMARTS) is 1. The number of nitrogens with zero attached hydrogens (tertiary/aromatic N) is 1. The highest BCUT2D eigenvalue weighted by Gasteiger charge is 2.28. The van der Waals surface area contributed by atoms with Crippen LogP contribution in [0, 0.1) is 5.92 Å². The molecule has 22 heavy (non-hydrogen) atoms. The third-order valence-electron chi connectivity index (χ3n) is 3.87. The minimum absolute atomic E-state index is 0.0193. The molecule has 1 heterocycles. The van der Waals surface area contributed by atoms with Crippen LogP contribution in [0.1, 0.15) is 31.4 Å². The Labute approximate surface area is 129 Å². The number of carbonyl (C=O) groups excluding carboxylic acids is 2. The molecule has 0 saturated carbocycles. The Kier molecular flexibility index (Phi) is 5.14. The van der Waals surface area contributed by atoms with Gasteiger partial charge in [0.05, 0.1) is 18.5 Å². The Bertz CT molecular complexity index is 559. The third kappa shape index (κ3) is 3.84. The number of carboxylic acids is 1. The number of nitrogens with one attached hydrogen (secondary N) is 1. The molecule has 0 aliphatic carbocycles. The summed E-state index contributed by atoms with van der Waals surface area (Å²) in [6, 6.07) is 8.37. The van der Waals surface area contributed by atoms with Crippen LogP contribution >= 0.6 is 0 Å². The van der Waals surface area contributed by atoms with Crippen molar-refractivity contribution in [2.75, 3.05) is 13.1 Å². The number of rotatable bonds is 6. The largest absolute Gasteiger partial charge is 0.481 e. The minimum atomic E-state index is -0.980. The number of likely N-dealkylation sites (tertiary alicyclic amines) is 1. The highest BCUT2D eigenvalue weighted by Crippen LogP contribution is 2.22. The Morgan fingerprint density at radius 3 is 2.55 bits per heavy atom. The van der Waals surface area contributed by atoms with Crippen molar-refractivity contribution in [2.45, 2.75) is 25.8 Å². The zero-order valence-electron chi connectivity index (χ0n) is 12.5. The molecule has 2 rings (SSSR count). The van der Waals surface area contributed by atoms with Crippen LogP contribution in [0.5, 0.6) is 0 Å².